The number of hydrogen-bond acceptors (Lipinski definition) is 4. The van der Waals surface area contributed by atoms with Gasteiger partial charge in [-0.3, -0.25) is 9.88 Å². The van der Waals surface area contributed by atoms with Gasteiger partial charge in [-0.15, -0.1) is 0 Å². The molecule has 6 heteroatoms. The summed E-state index contributed by atoms with van der Waals surface area (Å²) in [5.41, 5.74) is 7.34. The zero-order chi connectivity index (χ0) is 14.1. The van der Waals surface area contributed by atoms with Crippen molar-refractivity contribution >= 4 is 6.03 Å². The third-order valence-corrected chi connectivity index (χ3v) is 4.18. The minimum atomic E-state index is 0.0239. The molecule has 2 aliphatic rings. The van der Waals surface area contributed by atoms with Crippen LogP contribution in [0.5, 0.6) is 0 Å². The van der Waals surface area contributed by atoms with Crippen molar-refractivity contribution in [1.82, 2.24) is 20.1 Å². The van der Waals surface area contributed by atoms with E-state index in [0.29, 0.717) is 0 Å². The topological polar surface area (TPSA) is 74.5 Å². The normalized spacial score (nSPS) is 26.0. The Morgan fingerprint density at radius 2 is 2.35 bits per heavy atom. The van der Waals surface area contributed by atoms with Gasteiger partial charge in [0.2, 0.25) is 0 Å². The van der Waals surface area contributed by atoms with Crippen molar-refractivity contribution in [2.24, 2.45) is 5.73 Å². The van der Waals surface area contributed by atoms with Crippen molar-refractivity contribution in [3.05, 3.63) is 30.1 Å². The Morgan fingerprint density at radius 1 is 1.50 bits per heavy atom. The van der Waals surface area contributed by atoms with Gasteiger partial charge >= 0.3 is 6.03 Å². The average Bonchev–Trinajstić information content (AvgIpc) is 2.81. The second-order valence-corrected chi connectivity index (χ2v) is 5.62. The molecule has 20 heavy (non-hydrogen) atoms. The Labute approximate surface area is 118 Å². The lowest BCUT2D eigenvalue weighted by Gasteiger charge is -2.42. The van der Waals surface area contributed by atoms with E-state index in [1.807, 2.05) is 24.1 Å². The molecule has 3 unspecified atom stereocenters. The number of carbonyl (C=O) groups excluding carboxylic acids is 1. The number of nitrogens with one attached hydrogen (secondary N) is 1. The fourth-order valence-electron chi connectivity index (χ4n) is 3.28. The quantitative estimate of drug-likeness (QED) is 0.825. The second-order valence-electron chi connectivity index (χ2n) is 5.62. The number of carbonyl (C=O) groups is 1. The summed E-state index contributed by atoms with van der Waals surface area (Å²) < 4.78 is 0. The lowest BCUT2D eigenvalue weighted by Crippen LogP contribution is -2.55. The number of pyridine rings is 1. The van der Waals surface area contributed by atoms with E-state index < -0.39 is 0 Å². The van der Waals surface area contributed by atoms with Crippen LogP contribution in [0.2, 0.25) is 0 Å². The van der Waals surface area contributed by atoms with Crippen LogP contribution >= 0.6 is 0 Å². The van der Waals surface area contributed by atoms with Crippen LogP contribution < -0.4 is 11.1 Å². The molecule has 2 fully saturated rings. The zero-order valence-corrected chi connectivity index (χ0v) is 11.7. The zero-order valence-electron chi connectivity index (χ0n) is 11.7. The van der Waals surface area contributed by atoms with Crippen molar-refractivity contribution in [2.45, 2.75) is 25.0 Å². The Hall–Kier alpha value is -1.66. The molecule has 1 aromatic rings. The van der Waals surface area contributed by atoms with Gasteiger partial charge in [0.25, 0.3) is 0 Å². The summed E-state index contributed by atoms with van der Waals surface area (Å²) in [6.45, 7) is 5.24. The molecule has 0 radical (unpaired) electrons. The summed E-state index contributed by atoms with van der Waals surface area (Å²) in [7, 11) is 0. The molecule has 1 aromatic heterocycles. The fraction of sp³-hybridized carbons (Fsp3) is 0.571. The predicted octanol–water partition coefficient (Wildman–Crippen LogP) is 0.179. The van der Waals surface area contributed by atoms with Crippen molar-refractivity contribution < 1.29 is 4.79 Å². The van der Waals surface area contributed by atoms with Crippen molar-refractivity contribution in [2.75, 3.05) is 26.2 Å². The predicted molar refractivity (Wildman–Crippen MR) is 76.1 cm³/mol. The highest BCUT2D eigenvalue weighted by Crippen LogP contribution is 2.26. The molecule has 0 saturated carbocycles. The molecule has 0 spiro atoms. The maximum Gasteiger partial charge on any atom is 0.317 e. The number of urea groups is 1. The lowest BCUT2D eigenvalue weighted by atomic mass is 9.99. The van der Waals surface area contributed by atoms with E-state index in [0.717, 1.165) is 31.7 Å². The van der Waals surface area contributed by atoms with Gasteiger partial charge in [0.1, 0.15) is 0 Å². The SMILES string of the molecule is CC(N)C(c1cccnc1)N1CCN2C(=O)NCC2C1. The van der Waals surface area contributed by atoms with E-state index in [1.54, 1.807) is 6.20 Å². The summed E-state index contributed by atoms with van der Waals surface area (Å²) in [4.78, 5) is 20.2. The molecular weight excluding hydrogens is 254 g/mol. The number of piperazine rings is 1. The first-order valence-electron chi connectivity index (χ1n) is 7.11. The van der Waals surface area contributed by atoms with Crippen LogP contribution in [-0.4, -0.2) is 59.1 Å². The average molecular weight is 275 g/mol. The van der Waals surface area contributed by atoms with Crippen LogP contribution in [0.15, 0.2) is 24.5 Å². The maximum atomic E-state index is 11.7. The van der Waals surface area contributed by atoms with E-state index in [9.17, 15) is 4.79 Å². The van der Waals surface area contributed by atoms with Gasteiger partial charge in [-0.25, -0.2) is 4.79 Å². The van der Waals surface area contributed by atoms with Gasteiger partial charge in [0.15, 0.2) is 0 Å². The molecule has 3 rings (SSSR count). The van der Waals surface area contributed by atoms with Crippen LogP contribution in [-0.2, 0) is 0 Å². The molecule has 3 heterocycles. The molecule has 3 atom stereocenters. The number of nitrogens with two attached hydrogens (primary N) is 1. The fourth-order valence-corrected chi connectivity index (χ4v) is 3.28. The van der Waals surface area contributed by atoms with Crippen LogP contribution in [0.1, 0.15) is 18.5 Å². The monoisotopic (exact) mass is 275 g/mol. The first-order chi connectivity index (χ1) is 9.66. The number of amides is 2. The molecular formula is C14H21N5O. The lowest BCUT2D eigenvalue weighted by molar-refractivity contribution is 0.0794. The van der Waals surface area contributed by atoms with E-state index in [-0.39, 0.29) is 24.2 Å². The maximum absolute atomic E-state index is 11.7. The Morgan fingerprint density at radius 3 is 3.05 bits per heavy atom. The molecule has 2 saturated heterocycles. The van der Waals surface area contributed by atoms with Crippen molar-refractivity contribution in [3.63, 3.8) is 0 Å². The Balaban J connectivity index is 1.78. The molecule has 6 nitrogen and oxygen atoms in total. The summed E-state index contributed by atoms with van der Waals surface area (Å²) in [5, 5.41) is 2.91. The van der Waals surface area contributed by atoms with Crippen LogP contribution in [0.3, 0.4) is 0 Å². The van der Waals surface area contributed by atoms with Crippen molar-refractivity contribution in [3.8, 4) is 0 Å². The van der Waals surface area contributed by atoms with E-state index in [4.69, 9.17) is 5.73 Å². The number of nitrogens with zero attached hydrogens (tertiary/aromatic N) is 3. The third kappa shape index (κ3) is 2.36. The van der Waals surface area contributed by atoms with E-state index in [1.165, 1.54) is 0 Å². The van der Waals surface area contributed by atoms with Gasteiger partial charge in [-0.1, -0.05) is 6.07 Å². The molecule has 108 valence electrons. The van der Waals surface area contributed by atoms with Gasteiger partial charge in [-0.2, -0.15) is 0 Å². The first-order valence-corrected chi connectivity index (χ1v) is 7.11. The molecule has 0 bridgehead atoms. The smallest absolute Gasteiger partial charge is 0.317 e. The van der Waals surface area contributed by atoms with Crippen LogP contribution in [0, 0.1) is 0 Å². The summed E-state index contributed by atoms with van der Waals surface area (Å²) in [6.07, 6.45) is 3.66. The van der Waals surface area contributed by atoms with Crippen LogP contribution in [0.25, 0.3) is 0 Å². The first kappa shape index (κ1) is 13.3. The van der Waals surface area contributed by atoms with Crippen molar-refractivity contribution in [1.29, 1.82) is 0 Å². The summed E-state index contributed by atoms with van der Waals surface area (Å²) in [6, 6.07) is 4.52. The summed E-state index contributed by atoms with van der Waals surface area (Å²) >= 11 is 0. The second kappa shape index (κ2) is 5.38. The molecule has 2 aliphatic heterocycles. The standard InChI is InChI=1S/C14H21N5O/c1-10(15)13(11-3-2-4-16-7-11)18-5-6-19-12(9-18)8-17-14(19)20/h2-4,7,10,12-13H,5-6,8-9,15H2,1H3,(H,17,20). The Kier molecular flexibility index (Phi) is 3.58. The Bertz CT molecular complexity index is 478. The minimum absolute atomic E-state index is 0.0239. The van der Waals surface area contributed by atoms with Gasteiger partial charge in [0.05, 0.1) is 12.1 Å². The number of rotatable bonds is 3. The van der Waals surface area contributed by atoms with Crippen LogP contribution in [0.4, 0.5) is 4.79 Å². The highest BCUT2D eigenvalue weighted by atomic mass is 16.2. The molecule has 3 N–H and O–H groups in total. The highest BCUT2D eigenvalue weighted by Gasteiger charge is 2.38. The molecule has 2 amide bonds. The van der Waals surface area contributed by atoms with Gasteiger partial charge < -0.3 is 16.0 Å². The third-order valence-electron chi connectivity index (χ3n) is 4.18. The number of fused-ring (bicyclic) bond motifs is 1. The summed E-state index contributed by atoms with van der Waals surface area (Å²) in [5.74, 6) is 0. The van der Waals surface area contributed by atoms with Gasteiger partial charge in [-0.05, 0) is 18.6 Å². The molecule has 0 aromatic carbocycles. The number of hydrogen-bond donors (Lipinski definition) is 2. The highest BCUT2D eigenvalue weighted by molar-refractivity contribution is 5.77. The number of aromatic nitrogens is 1. The van der Waals surface area contributed by atoms with E-state index >= 15 is 0 Å². The minimum Gasteiger partial charge on any atom is -0.336 e. The van der Waals surface area contributed by atoms with Gasteiger partial charge in [0, 0.05) is 44.6 Å². The van der Waals surface area contributed by atoms with E-state index in [2.05, 4.69) is 21.3 Å². The largest absolute Gasteiger partial charge is 0.336 e. The molecule has 0 aliphatic carbocycles.